The van der Waals surface area contributed by atoms with Crippen molar-refractivity contribution in [1.82, 2.24) is 20.1 Å². The third kappa shape index (κ3) is 3.41. The highest BCUT2D eigenvalue weighted by Crippen LogP contribution is 2.41. The van der Waals surface area contributed by atoms with Crippen molar-refractivity contribution in [2.75, 3.05) is 25.0 Å². The van der Waals surface area contributed by atoms with Crippen molar-refractivity contribution in [3.05, 3.63) is 48.4 Å². The predicted octanol–water partition coefficient (Wildman–Crippen LogP) is 2.18. The predicted molar refractivity (Wildman–Crippen MR) is 99.6 cm³/mol. The van der Waals surface area contributed by atoms with Crippen molar-refractivity contribution >= 4 is 11.7 Å². The average molecular weight is 351 g/mol. The molecule has 0 unspecified atom stereocenters. The summed E-state index contributed by atoms with van der Waals surface area (Å²) in [5.74, 6) is 2.33. The molecule has 6 nitrogen and oxygen atoms in total. The van der Waals surface area contributed by atoms with Gasteiger partial charge in [-0.2, -0.15) is 5.10 Å². The zero-order chi connectivity index (χ0) is 17.9. The summed E-state index contributed by atoms with van der Waals surface area (Å²) in [6.07, 6.45) is 9.00. The van der Waals surface area contributed by atoms with Crippen LogP contribution in [-0.4, -0.2) is 52.2 Å². The van der Waals surface area contributed by atoms with Gasteiger partial charge in [0.1, 0.15) is 0 Å². The van der Waals surface area contributed by atoms with Crippen LogP contribution in [0.15, 0.2) is 42.9 Å². The molecule has 0 radical (unpaired) electrons. The van der Waals surface area contributed by atoms with E-state index in [-0.39, 0.29) is 5.91 Å². The molecule has 2 aromatic heterocycles. The summed E-state index contributed by atoms with van der Waals surface area (Å²) in [6.45, 7) is 1.77. The Labute approximate surface area is 154 Å². The lowest BCUT2D eigenvalue weighted by atomic mass is 9.97. The van der Waals surface area contributed by atoms with Crippen LogP contribution in [0.25, 0.3) is 0 Å². The molecule has 2 fully saturated rings. The molecule has 2 aromatic rings. The molecule has 0 bridgehead atoms. The number of nitrogens with zero attached hydrogens (tertiary/aromatic N) is 5. The number of carbonyl (C=O) groups is 1. The lowest BCUT2D eigenvalue weighted by Crippen LogP contribution is -2.39. The molecule has 1 saturated heterocycles. The summed E-state index contributed by atoms with van der Waals surface area (Å²) in [7, 11) is 2.10. The SMILES string of the molecule is CN(c1cccnn1)[C@@H]1CC[C@@H]2CN(C(=O)CCc3cccnc3)C[C@@H]21. The van der Waals surface area contributed by atoms with Gasteiger partial charge < -0.3 is 9.80 Å². The number of pyridine rings is 1. The van der Waals surface area contributed by atoms with Crippen LogP contribution >= 0.6 is 0 Å². The third-order valence-corrected chi connectivity index (χ3v) is 5.94. The number of anilines is 1. The van der Waals surface area contributed by atoms with Gasteiger partial charge in [0.25, 0.3) is 0 Å². The molecule has 4 rings (SSSR count). The lowest BCUT2D eigenvalue weighted by Gasteiger charge is -2.30. The highest BCUT2D eigenvalue weighted by atomic mass is 16.2. The fraction of sp³-hybridized carbons (Fsp3) is 0.500. The van der Waals surface area contributed by atoms with Gasteiger partial charge in [-0.05, 0) is 48.9 Å². The van der Waals surface area contributed by atoms with Crippen molar-refractivity contribution in [3.63, 3.8) is 0 Å². The summed E-state index contributed by atoms with van der Waals surface area (Å²) in [5, 5.41) is 8.24. The molecule has 1 aliphatic heterocycles. The molecule has 2 aliphatic rings. The molecule has 3 heterocycles. The Balaban J connectivity index is 1.36. The molecule has 1 saturated carbocycles. The van der Waals surface area contributed by atoms with Crippen LogP contribution < -0.4 is 4.90 Å². The molecule has 0 N–H and O–H groups in total. The highest BCUT2D eigenvalue weighted by Gasteiger charge is 2.45. The van der Waals surface area contributed by atoms with Gasteiger partial charge in [0.05, 0.1) is 0 Å². The van der Waals surface area contributed by atoms with Crippen molar-refractivity contribution in [1.29, 1.82) is 0 Å². The smallest absolute Gasteiger partial charge is 0.222 e. The van der Waals surface area contributed by atoms with E-state index in [1.807, 2.05) is 30.5 Å². The fourth-order valence-corrected chi connectivity index (χ4v) is 4.53. The van der Waals surface area contributed by atoms with E-state index in [2.05, 4.69) is 32.0 Å². The zero-order valence-corrected chi connectivity index (χ0v) is 15.2. The highest BCUT2D eigenvalue weighted by molar-refractivity contribution is 5.76. The molecule has 26 heavy (non-hydrogen) atoms. The van der Waals surface area contributed by atoms with Gasteiger partial charge in [-0.15, -0.1) is 5.10 Å². The number of amides is 1. The number of aryl methyl sites for hydroxylation is 1. The summed E-state index contributed by atoms with van der Waals surface area (Å²) >= 11 is 0. The third-order valence-electron chi connectivity index (χ3n) is 5.94. The Hall–Kier alpha value is -2.50. The van der Waals surface area contributed by atoms with Crippen molar-refractivity contribution in [2.45, 2.75) is 31.7 Å². The van der Waals surface area contributed by atoms with Gasteiger partial charge in [-0.25, -0.2) is 0 Å². The van der Waals surface area contributed by atoms with E-state index in [0.29, 0.717) is 24.3 Å². The summed E-state index contributed by atoms with van der Waals surface area (Å²) in [5.41, 5.74) is 1.13. The molecule has 0 spiro atoms. The number of carbonyl (C=O) groups excluding carboxylic acids is 1. The number of rotatable bonds is 5. The van der Waals surface area contributed by atoms with Gasteiger partial charge in [0, 0.05) is 57.1 Å². The van der Waals surface area contributed by atoms with E-state index in [1.165, 1.54) is 12.8 Å². The molecule has 6 heteroatoms. The van der Waals surface area contributed by atoms with Gasteiger partial charge in [-0.3, -0.25) is 9.78 Å². The van der Waals surface area contributed by atoms with Crippen LogP contribution in [0.5, 0.6) is 0 Å². The molecular formula is C20H25N5O. The molecule has 1 amide bonds. The molecule has 3 atom stereocenters. The molecule has 0 aromatic carbocycles. The standard InChI is InChI=1S/C20H25N5O/c1-24(19-5-3-11-22-23-19)18-8-7-16-13-25(14-17(16)18)20(26)9-6-15-4-2-10-21-12-15/h2-5,10-12,16-18H,6-9,13-14H2,1H3/t16-,17+,18-/m1/s1. The first-order chi connectivity index (χ1) is 12.7. The van der Waals surface area contributed by atoms with Gasteiger partial charge in [0.15, 0.2) is 5.82 Å². The lowest BCUT2D eigenvalue weighted by molar-refractivity contribution is -0.130. The zero-order valence-electron chi connectivity index (χ0n) is 15.2. The quantitative estimate of drug-likeness (QED) is 0.826. The van der Waals surface area contributed by atoms with Crippen LogP contribution in [-0.2, 0) is 11.2 Å². The van der Waals surface area contributed by atoms with E-state index in [1.54, 1.807) is 12.4 Å². The first-order valence-corrected chi connectivity index (χ1v) is 9.39. The Morgan fingerprint density at radius 1 is 1.23 bits per heavy atom. The van der Waals surface area contributed by atoms with E-state index in [9.17, 15) is 4.79 Å². The van der Waals surface area contributed by atoms with Crippen LogP contribution in [0.1, 0.15) is 24.8 Å². The van der Waals surface area contributed by atoms with Crippen molar-refractivity contribution in [2.24, 2.45) is 11.8 Å². The number of aromatic nitrogens is 3. The van der Waals surface area contributed by atoms with Crippen LogP contribution in [0.2, 0.25) is 0 Å². The van der Waals surface area contributed by atoms with Gasteiger partial charge in [0.2, 0.25) is 5.91 Å². The Morgan fingerprint density at radius 3 is 2.88 bits per heavy atom. The Kier molecular flexibility index (Phi) is 4.82. The topological polar surface area (TPSA) is 62.2 Å². The average Bonchev–Trinajstić information content (AvgIpc) is 3.28. The Bertz CT molecular complexity index is 738. The minimum Gasteiger partial charge on any atom is -0.355 e. The number of hydrogen-bond acceptors (Lipinski definition) is 5. The second kappa shape index (κ2) is 7.40. The maximum atomic E-state index is 12.7. The van der Waals surface area contributed by atoms with Crippen LogP contribution in [0.3, 0.4) is 0 Å². The van der Waals surface area contributed by atoms with E-state index in [0.717, 1.165) is 30.9 Å². The summed E-state index contributed by atoms with van der Waals surface area (Å²) in [6, 6.07) is 8.32. The van der Waals surface area contributed by atoms with Crippen molar-refractivity contribution < 1.29 is 4.79 Å². The van der Waals surface area contributed by atoms with E-state index >= 15 is 0 Å². The monoisotopic (exact) mass is 351 g/mol. The van der Waals surface area contributed by atoms with E-state index in [4.69, 9.17) is 0 Å². The summed E-state index contributed by atoms with van der Waals surface area (Å²) < 4.78 is 0. The molecule has 1 aliphatic carbocycles. The first kappa shape index (κ1) is 16.9. The number of hydrogen-bond donors (Lipinski definition) is 0. The van der Waals surface area contributed by atoms with Gasteiger partial charge >= 0.3 is 0 Å². The largest absolute Gasteiger partial charge is 0.355 e. The molecular weight excluding hydrogens is 326 g/mol. The first-order valence-electron chi connectivity index (χ1n) is 9.39. The summed E-state index contributed by atoms with van der Waals surface area (Å²) in [4.78, 5) is 21.1. The maximum Gasteiger partial charge on any atom is 0.222 e. The van der Waals surface area contributed by atoms with Crippen LogP contribution in [0, 0.1) is 11.8 Å². The normalized spacial score (nSPS) is 24.5. The minimum atomic E-state index is 0.268. The maximum absolute atomic E-state index is 12.7. The van der Waals surface area contributed by atoms with Gasteiger partial charge in [-0.1, -0.05) is 6.07 Å². The van der Waals surface area contributed by atoms with Crippen LogP contribution in [0.4, 0.5) is 5.82 Å². The number of fused-ring (bicyclic) bond motifs is 1. The number of likely N-dealkylation sites (tertiary alicyclic amines) is 1. The molecule has 136 valence electrons. The minimum absolute atomic E-state index is 0.268. The van der Waals surface area contributed by atoms with Crippen molar-refractivity contribution in [3.8, 4) is 0 Å². The van der Waals surface area contributed by atoms with E-state index < -0.39 is 0 Å². The fourth-order valence-electron chi connectivity index (χ4n) is 4.53. The second-order valence-electron chi connectivity index (χ2n) is 7.42. The second-order valence-corrected chi connectivity index (χ2v) is 7.42. The Morgan fingerprint density at radius 2 is 2.12 bits per heavy atom.